The summed E-state index contributed by atoms with van der Waals surface area (Å²) in [5, 5.41) is 4.57. The minimum absolute atomic E-state index is 0.360. The number of nitrogens with zero attached hydrogens (tertiary/aromatic N) is 1. The molecular weight excluding hydrogens is 220 g/mol. The minimum atomic E-state index is 0.360. The second-order valence-corrected chi connectivity index (χ2v) is 5.86. The van der Waals surface area contributed by atoms with Crippen molar-refractivity contribution in [1.82, 2.24) is 5.32 Å². The fourth-order valence-corrected chi connectivity index (χ4v) is 3.11. The van der Waals surface area contributed by atoms with Gasteiger partial charge in [-0.3, -0.25) is 4.99 Å². The van der Waals surface area contributed by atoms with Crippen molar-refractivity contribution in [1.29, 1.82) is 0 Å². The topological polar surface area (TPSA) is 33.6 Å². The van der Waals surface area contributed by atoms with Crippen LogP contribution >= 0.6 is 11.8 Å². The van der Waals surface area contributed by atoms with Crippen LogP contribution in [-0.4, -0.2) is 36.2 Å². The van der Waals surface area contributed by atoms with Gasteiger partial charge in [0.15, 0.2) is 5.17 Å². The van der Waals surface area contributed by atoms with Crippen LogP contribution in [0.3, 0.4) is 0 Å². The van der Waals surface area contributed by atoms with Gasteiger partial charge >= 0.3 is 0 Å². The number of amidine groups is 1. The van der Waals surface area contributed by atoms with Crippen LogP contribution in [0, 0.1) is 5.92 Å². The first-order valence-electron chi connectivity index (χ1n) is 6.31. The van der Waals surface area contributed by atoms with Crippen LogP contribution in [0.2, 0.25) is 0 Å². The second kappa shape index (κ2) is 5.92. The van der Waals surface area contributed by atoms with Crippen molar-refractivity contribution < 1.29 is 4.74 Å². The molecule has 0 radical (unpaired) electrons. The summed E-state index contributed by atoms with van der Waals surface area (Å²) in [6, 6.07) is 0.548. The van der Waals surface area contributed by atoms with Crippen molar-refractivity contribution in [2.75, 3.05) is 18.9 Å². The standard InChI is InChI=1S/C12H22N2OS/c1-9-8-16-12(14-10(9)2)13-7-11-5-3-4-6-15-11/h9-11H,3-8H2,1-2H3,(H,13,14). The summed E-state index contributed by atoms with van der Waals surface area (Å²) in [5.74, 6) is 1.91. The van der Waals surface area contributed by atoms with Gasteiger partial charge in [0, 0.05) is 18.4 Å². The fraction of sp³-hybridized carbons (Fsp3) is 0.917. The van der Waals surface area contributed by atoms with Gasteiger partial charge in [0.25, 0.3) is 0 Å². The molecule has 2 fully saturated rings. The molecule has 2 heterocycles. The molecule has 0 aliphatic carbocycles. The highest BCUT2D eigenvalue weighted by atomic mass is 32.2. The molecule has 0 bridgehead atoms. The molecule has 0 aromatic rings. The molecule has 2 aliphatic rings. The SMILES string of the molecule is CC1CSC(=NCC2CCCCO2)NC1C. The second-order valence-electron chi connectivity index (χ2n) is 4.86. The van der Waals surface area contributed by atoms with E-state index in [1.807, 2.05) is 11.8 Å². The number of nitrogens with one attached hydrogen (secondary N) is 1. The number of rotatable bonds is 2. The molecule has 2 saturated heterocycles. The molecule has 1 N–H and O–H groups in total. The van der Waals surface area contributed by atoms with Crippen LogP contribution in [0.25, 0.3) is 0 Å². The van der Waals surface area contributed by atoms with Gasteiger partial charge in [-0.25, -0.2) is 0 Å². The number of aliphatic imine (C=N–C) groups is 1. The maximum Gasteiger partial charge on any atom is 0.156 e. The molecular formula is C12H22N2OS. The Labute approximate surface area is 102 Å². The smallest absolute Gasteiger partial charge is 0.156 e. The Kier molecular flexibility index (Phi) is 4.53. The summed E-state index contributed by atoms with van der Waals surface area (Å²) >= 11 is 1.85. The number of ether oxygens (including phenoxy) is 1. The van der Waals surface area contributed by atoms with E-state index < -0.39 is 0 Å². The highest BCUT2D eigenvalue weighted by molar-refractivity contribution is 8.13. The van der Waals surface area contributed by atoms with E-state index in [0.717, 1.165) is 24.2 Å². The zero-order valence-corrected chi connectivity index (χ0v) is 11.1. The Hall–Kier alpha value is -0.220. The van der Waals surface area contributed by atoms with E-state index in [4.69, 9.17) is 4.74 Å². The molecule has 2 aliphatic heterocycles. The number of hydrogen-bond acceptors (Lipinski definition) is 3. The third-order valence-electron chi connectivity index (χ3n) is 3.40. The van der Waals surface area contributed by atoms with Crippen LogP contribution < -0.4 is 5.32 Å². The summed E-state index contributed by atoms with van der Waals surface area (Å²) in [6.07, 6.45) is 4.05. The normalized spacial score (nSPS) is 38.4. The summed E-state index contributed by atoms with van der Waals surface area (Å²) < 4.78 is 5.67. The lowest BCUT2D eigenvalue weighted by Gasteiger charge is -2.29. The molecule has 0 spiro atoms. The summed E-state index contributed by atoms with van der Waals surface area (Å²) in [7, 11) is 0. The van der Waals surface area contributed by atoms with Gasteiger partial charge in [-0.2, -0.15) is 0 Å². The average molecular weight is 242 g/mol. The van der Waals surface area contributed by atoms with Crippen molar-refractivity contribution >= 4 is 16.9 Å². The van der Waals surface area contributed by atoms with E-state index in [9.17, 15) is 0 Å². The van der Waals surface area contributed by atoms with E-state index in [1.165, 1.54) is 25.0 Å². The third-order valence-corrected chi connectivity index (χ3v) is 4.61. The monoisotopic (exact) mass is 242 g/mol. The molecule has 16 heavy (non-hydrogen) atoms. The predicted octanol–water partition coefficient (Wildman–Crippen LogP) is 2.27. The van der Waals surface area contributed by atoms with E-state index in [0.29, 0.717) is 12.1 Å². The predicted molar refractivity (Wildman–Crippen MR) is 70.1 cm³/mol. The van der Waals surface area contributed by atoms with Crippen molar-refractivity contribution in [2.24, 2.45) is 10.9 Å². The molecule has 0 saturated carbocycles. The van der Waals surface area contributed by atoms with Gasteiger partial charge in [0.1, 0.15) is 0 Å². The van der Waals surface area contributed by atoms with Crippen LogP contribution in [0.1, 0.15) is 33.1 Å². The Morgan fingerprint density at radius 2 is 2.31 bits per heavy atom. The lowest BCUT2D eigenvalue weighted by Crippen LogP contribution is -2.41. The lowest BCUT2D eigenvalue weighted by atomic mass is 10.1. The first-order valence-corrected chi connectivity index (χ1v) is 7.29. The molecule has 0 aromatic heterocycles. The van der Waals surface area contributed by atoms with E-state index in [2.05, 4.69) is 24.2 Å². The Morgan fingerprint density at radius 3 is 3.00 bits per heavy atom. The highest BCUT2D eigenvalue weighted by Crippen LogP contribution is 2.20. The lowest BCUT2D eigenvalue weighted by molar-refractivity contribution is 0.0225. The van der Waals surface area contributed by atoms with Crippen LogP contribution in [0.4, 0.5) is 0 Å². The maximum absolute atomic E-state index is 5.67. The quantitative estimate of drug-likeness (QED) is 0.806. The summed E-state index contributed by atoms with van der Waals surface area (Å²) in [4.78, 5) is 4.64. The Morgan fingerprint density at radius 1 is 1.44 bits per heavy atom. The fourth-order valence-electron chi connectivity index (χ4n) is 1.96. The number of hydrogen-bond donors (Lipinski definition) is 1. The average Bonchev–Trinajstić information content (AvgIpc) is 2.32. The van der Waals surface area contributed by atoms with Crippen molar-refractivity contribution in [2.45, 2.75) is 45.3 Å². The van der Waals surface area contributed by atoms with Crippen molar-refractivity contribution in [3.8, 4) is 0 Å². The van der Waals surface area contributed by atoms with Crippen molar-refractivity contribution in [3.63, 3.8) is 0 Å². The first kappa shape index (κ1) is 12.2. The molecule has 3 unspecified atom stereocenters. The summed E-state index contributed by atoms with van der Waals surface area (Å²) in [5.41, 5.74) is 0. The van der Waals surface area contributed by atoms with Gasteiger partial charge in [0.2, 0.25) is 0 Å². The molecule has 3 atom stereocenters. The minimum Gasteiger partial charge on any atom is -0.376 e. The molecule has 4 heteroatoms. The van der Waals surface area contributed by atoms with Crippen molar-refractivity contribution in [3.05, 3.63) is 0 Å². The van der Waals surface area contributed by atoms with Gasteiger partial charge in [-0.15, -0.1) is 0 Å². The van der Waals surface area contributed by atoms with Gasteiger partial charge in [0.05, 0.1) is 12.6 Å². The van der Waals surface area contributed by atoms with Gasteiger partial charge in [-0.1, -0.05) is 18.7 Å². The van der Waals surface area contributed by atoms with E-state index >= 15 is 0 Å². The Bertz CT molecular complexity index is 251. The van der Waals surface area contributed by atoms with Crippen LogP contribution in [0.15, 0.2) is 4.99 Å². The molecule has 0 amide bonds. The summed E-state index contributed by atoms with van der Waals surface area (Å²) in [6.45, 7) is 6.27. The largest absolute Gasteiger partial charge is 0.376 e. The third kappa shape index (κ3) is 3.39. The molecule has 0 aromatic carbocycles. The van der Waals surface area contributed by atoms with E-state index in [-0.39, 0.29) is 0 Å². The maximum atomic E-state index is 5.67. The highest BCUT2D eigenvalue weighted by Gasteiger charge is 2.21. The zero-order chi connectivity index (χ0) is 11.4. The van der Waals surface area contributed by atoms with Crippen LogP contribution in [-0.2, 0) is 4.74 Å². The molecule has 3 nitrogen and oxygen atoms in total. The van der Waals surface area contributed by atoms with Gasteiger partial charge in [-0.05, 0) is 32.1 Å². The first-order chi connectivity index (χ1) is 7.75. The van der Waals surface area contributed by atoms with Gasteiger partial charge < -0.3 is 10.1 Å². The molecule has 92 valence electrons. The zero-order valence-electron chi connectivity index (χ0n) is 10.2. The van der Waals surface area contributed by atoms with E-state index in [1.54, 1.807) is 0 Å². The Balaban J connectivity index is 1.78. The van der Waals surface area contributed by atoms with Crippen LogP contribution in [0.5, 0.6) is 0 Å². The number of thioether (sulfide) groups is 1. The molecule has 2 rings (SSSR count).